The second-order valence-electron chi connectivity index (χ2n) is 6.13. The van der Waals surface area contributed by atoms with Gasteiger partial charge in [0.2, 0.25) is 0 Å². The van der Waals surface area contributed by atoms with Gasteiger partial charge in [-0.3, -0.25) is 9.59 Å². The van der Waals surface area contributed by atoms with Crippen LogP contribution >= 0.6 is 0 Å². The molecule has 0 aliphatic heterocycles. The zero-order chi connectivity index (χ0) is 19.7. The maximum absolute atomic E-state index is 12.6. The Bertz CT molecular complexity index is 1370. The number of aromatic nitrogens is 2. The third-order valence-corrected chi connectivity index (χ3v) is 4.27. The van der Waals surface area contributed by atoms with Crippen LogP contribution in [0.25, 0.3) is 21.7 Å². The predicted octanol–water partition coefficient (Wildman–Crippen LogP) is 2.65. The highest BCUT2D eigenvalue weighted by atomic mass is 16.5. The van der Waals surface area contributed by atoms with E-state index in [-0.39, 0.29) is 0 Å². The fraction of sp³-hybridized carbons (Fsp3) is 0.0476. The van der Waals surface area contributed by atoms with Crippen LogP contribution in [0, 0.1) is 0 Å². The zero-order valence-corrected chi connectivity index (χ0v) is 14.9. The van der Waals surface area contributed by atoms with Crippen LogP contribution in [0.1, 0.15) is 12.5 Å². The van der Waals surface area contributed by atoms with Crippen molar-refractivity contribution >= 4 is 33.9 Å². The van der Waals surface area contributed by atoms with E-state index in [0.717, 1.165) is 15.4 Å². The highest BCUT2D eigenvalue weighted by Gasteiger charge is 2.10. The van der Waals surface area contributed by atoms with E-state index in [1.165, 1.54) is 13.1 Å². The molecule has 138 valence electrons. The SMILES string of the molecule is CC(=O)Oc1ccc2ccccc2c1C=Nn1c(=O)[nH]c2ccccc2c1=O. The van der Waals surface area contributed by atoms with Gasteiger partial charge in [-0.25, -0.2) is 4.79 Å². The molecule has 4 aromatic rings. The number of nitrogens with zero attached hydrogens (tertiary/aromatic N) is 2. The second kappa shape index (κ2) is 6.96. The summed E-state index contributed by atoms with van der Waals surface area (Å²) in [5.41, 5.74) is -0.262. The fourth-order valence-electron chi connectivity index (χ4n) is 3.03. The third kappa shape index (κ3) is 3.09. The molecule has 1 N–H and O–H groups in total. The quantitative estimate of drug-likeness (QED) is 0.339. The highest BCUT2D eigenvalue weighted by molar-refractivity contribution is 6.03. The molecule has 0 spiro atoms. The Balaban J connectivity index is 1.92. The number of carbonyl (C=O) groups excluding carboxylic acids is 1. The van der Waals surface area contributed by atoms with Crippen molar-refractivity contribution in [2.45, 2.75) is 6.92 Å². The monoisotopic (exact) mass is 373 g/mol. The molecule has 7 nitrogen and oxygen atoms in total. The normalized spacial score (nSPS) is 11.3. The third-order valence-electron chi connectivity index (χ3n) is 4.27. The number of aromatic amines is 1. The molecular weight excluding hydrogens is 358 g/mol. The summed E-state index contributed by atoms with van der Waals surface area (Å²) in [6, 6.07) is 17.6. The Morgan fingerprint density at radius 1 is 1.00 bits per heavy atom. The van der Waals surface area contributed by atoms with Gasteiger partial charge in [0.05, 0.1) is 17.1 Å². The van der Waals surface area contributed by atoms with Gasteiger partial charge in [-0.1, -0.05) is 42.5 Å². The van der Waals surface area contributed by atoms with Crippen molar-refractivity contribution in [2.75, 3.05) is 0 Å². The summed E-state index contributed by atoms with van der Waals surface area (Å²) >= 11 is 0. The lowest BCUT2D eigenvalue weighted by Crippen LogP contribution is -2.32. The molecule has 3 aromatic carbocycles. The standard InChI is InChI=1S/C21H15N3O4/c1-13(25)28-19-11-10-14-6-2-3-7-15(14)17(19)12-22-24-20(26)16-8-4-5-9-18(16)23-21(24)27/h2-12H,1H3,(H,23,27). The first kappa shape index (κ1) is 17.4. The Kier molecular flexibility index (Phi) is 4.33. The Labute approximate surface area is 158 Å². The van der Waals surface area contributed by atoms with E-state index >= 15 is 0 Å². The topological polar surface area (TPSA) is 93.5 Å². The van der Waals surface area contributed by atoms with E-state index in [4.69, 9.17) is 4.74 Å². The summed E-state index contributed by atoms with van der Waals surface area (Å²) in [6.07, 6.45) is 1.35. The first-order chi connectivity index (χ1) is 13.5. The van der Waals surface area contributed by atoms with Gasteiger partial charge in [0, 0.05) is 12.5 Å². The van der Waals surface area contributed by atoms with Crippen LogP contribution in [0.3, 0.4) is 0 Å². The minimum Gasteiger partial charge on any atom is -0.426 e. The van der Waals surface area contributed by atoms with Crippen LogP contribution in [0.4, 0.5) is 0 Å². The van der Waals surface area contributed by atoms with Crippen molar-refractivity contribution in [3.8, 4) is 5.75 Å². The van der Waals surface area contributed by atoms with E-state index in [0.29, 0.717) is 22.2 Å². The van der Waals surface area contributed by atoms with Gasteiger partial charge in [0.15, 0.2) is 0 Å². The molecule has 0 saturated carbocycles. The largest absolute Gasteiger partial charge is 0.426 e. The molecule has 0 fully saturated rings. The van der Waals surface area contributed by atoms with E-state index < -0.39 is 17.2 Å². The molecule has 0 radical (unpaired) electrons. The van der Waals surface area contributed by atoms with Crippen molar-refractivity contribution in [1.82, 2.24) is 9.66 Å². The first-order valence-electron chi connectivity index (χ1n) is 8.53. The van der Waals surface area contributed by atoms with Crippen LogP contribution < -0.4 is 16.0 Å². The number of fused-ring (bicyclic) bond motifs is 2. The van der Waals surface area contributed by atoms with Crippen LogP contribution in [0.15, 0.2) is 75.4 Å². The lowest BCUT2D eigenvalue weighted by Gasteiger charge is -2.09. The fourth-order valence-corrected chi connectivity index (χ4v) is 3.03. The first-order valence-corrected chi connectivity index (χ1v) is 8.53. The van der Waals surface area contributed by atoms with Gasteiger partial charge >= 0.3 is 11.7 Å². The molecule has 4 rings (SSSR count). The average molecular weight is 373 g/mol. The molecule has 0 bridgehead atoms. The van der Waals surface area contributed by atoms with Gasteiger partial charge in [-0.05, 0) is 29.0 Å². The van der Waals surface area contributed by atoms with E-state index in [1.54, 1.807) is 30.3 Å². The Hall–Kier alpha value is -4.00. The van der Waals surface area contributed by atoms with Crippen molar-refractivity contribution in [2.24, 2.45) is 5.10 Å². The number of para-hydroxylation sites is 1. The van der Waals surface area contributed by atoms with Gasteiger partial charge in [-0.2, -0.15) is 5.10 Å². The van der Waals surface area contributed by atoms with Crippen molar-refractivity contribution in [1.29, 1.82) is 0 Å². The maximum Gasteiger partial charge on any atom is 0.349 e. The van der Waals surface area contributed by atoms with Gasteiger partial charge in [0.25, 0.3) is 5.56 Å². The number of hydrogen-bond acceptors (Lipinski definition) is 5. The van der Waals surface area contributed by atoms with Gasteiger partial charge < -0.3 is 9.72 Å². The van der Waals surface area contributed by atoms with Crippen LogP contribution in [-0.4, -0.2) is 21.8 Å². The summed E-state index contributed by atoms with van der Waals surface area (Å²) in [5.74, 6) is -0.189. The van der Waals surface area contributed by atoms with Crippen molar-refractivity contribution in [3.05, 3.63) is 87.1 Å². The zero-order valence-electron chi connectivity index (χ0n) is 14.9. The number of hydrogen-bond donors (Lipinski definition) is 1. The molecule has 7 heteroatoms. The second-order valence-corrected chi connectivity index (χ2v) is 6.13. The van der Waals surface area contributed by atoms with Gasteiger partial charge in [-0.15, -0.1) is 4.68 Å². The molecular formula is C21H15N3O4. The summed E-state index contributed by atoms with van der Waals surface area (Å²) in [5, 5.41) is 6.11. The summed E-state index contributed by atoms with van der Waals surface area (Å²) < 4.78 is 6.02. The van der Waals surface area contributed by atoms with Crippen LogP contribution in [0.5, 0.6) is 5.75 Å². The summed E-state index contributed by atoms with van der Waals surface area (Å²) in [4.78, 5) is 39.0. The van der Waals surface area contributed by atoms with Crippen molar-refractivity contribution in [3.63, 3.8) is 0 Å². The number of carbonyl (C=O) groups is 1. The number of nitrogens with one attached hydrogen (secondary N) is 1. The highest BCUT2D eigenvalue weighted by Crippen LogP contribution is 2.26. The number of rotatable bonds is 3. The lowest BCUT2D eigenvalue weighted by atomic mass is 10.0. The number of esters is 1. The number of ether oxygens (including phenoxy) is 1. The van der Waals surface area contributed by atoms with E-state index in [9.17, 15) is 14.4 Å². The molecule has 1 heterocycles. The molecule has 28 heavy (non-hydrogen) atoms. The molecule has 0 atom stereocenters. The van der Waals surface area contributed by atoms with Crippen LogP contribution in [-0.2, 0) is 4.79 Å². The van der Waals surface area contributed by atoms with Crippen LogP contribution in [0.2, 0.25) is 0 Å². The minimum atomic E-state index is -0.658. The number of benzene rings is 3. The maximum atomic E-state index is 12.6. The molecule has 1 aromatic heterocycles. The molecule has 0 saturated heterocycles. The molecule has 0 aliphatic rings. The Morgan fingerprint density at radius 2 is 1.71 bits per heavy atom. The molecule has 0 unspecified atom stereocenters. The van der Waals surface area contributed by atoms with E-state index in [1.807, 2.05) is 30.3 Å². The average Bonchev–Trinajstić information content (AvgIpc) is 2.68. The van der Waals surface area contributed by atoms with Gasteiger partial charge in [0.1, 0.15) is 5.75 Å². The minimum absolute atomic E-state index is 0.292. The molecule has 0 amide bonds. The Morgan fingerprint density at radius 3 is 2.50 bits per heavy atom. The summed E-state index contributed by atoms with van der Waals surface area (Å²) in [7, 11) is 0. The lowest BCUT2D eigenvalue weighted by molar-refractivity contribution is -0.131. The smallest absolute Gasteiger partial charge is 0.349 e. The van der Waals surface area contributed by atoms with E-state index in [2.05, 4.69) is 10.1 Å². The van der Waals surface area contributed by atoms with Crippen molar-refractivity contribution < 1.29 is 9.53 Å². The molecule has 0 aliphatic carbocycles. The number of H-pyrrole nitrogens is 1. The predicted molar refractivity (Wildman–Crippen MR) is 107 cm³/mol. The summed E-state index contributed by atoms with van der Waals surface area (Å²) in [6.45, 7) is 1.30.